The van der Waals surface area contributed by atoms with Crippen LogP contribution in [0.15, 0.2) is 22.9 Å². The predicted octanol–water partition coefficient (Wildman–Crippen LogP) is 2.75. The van der Waals surface area contributed by atoms with E-state index < -0.39 is 0 Å². The molecule has 0 saturated carbocycles. The van der Waals surface area contributed by atoms with E-state index in [1.807, 2.05) is 16.7 Å². The van der Waals surface area contributed by atoms with Gasteiger partial charge in [0.2, 0.25) is 0 Å². The van der Waals surface area contributed by atoms with Crippen LogP contribution in [0, 0.1) is 0 Å². The summed E-state index contributed by atoms with van der Waals surface area (Å²) >= 11 is 3.35. The average Bonchev–Trinajstić information content (AvgIpc) is 2.46. The van der Waals surface area contributed by atoms with Crippen LogP contribution in [0.1, 0.15) is 19.2 Å². The van der Waals surface area contributed by atoms with Gasteiger partial charge in [-0.1, -0.05) is 6.92 Å². The van der Waals surface area contributed by atoms with Gasteiger partial charge in [-0.05, 0) is 34.5 Å². The molecule has 0 spiro atoms. The monoisotopic (exact) mass is 254 g/mol. The Morgan fingerprint density at radius 2 is 2.36 bits per heavy atom. The smallest absolute Gasteiger partial charge is 0.142 e. The molecule has 2 aromatic heterocycles. The summed E-state index contributed by atoms with van der Waals surface area (Å²) in [5, 5.41) is 9.64. The van der Waals surface area contributed by atoms with Crippen molar-refractivity contribution in [2.45, 2.75) is 19.8 Å². The highest BCUT2D eigenvalue weighted by Gasteiger charge is 2.10. The summed E-state index contributed by atoms with van der Waals surface area (Å²) < 4.78 is 2.63. The minimum Gasteiger partial charge on any atom is -0.506 e. The normalized spacial score (nSPS) is 11.0. The first-order chi connectivity index (χ1) is 6.74. The average molecular weight is 255 g/mol. The largest absolute Gasteiger partial charge is 0.506 e. The fourth-order valence-corrected chi connectivity index (χ4v) is 2.14. The van der Waals surface area contributed by atoms with Crippen molar-refractivity contribution < 1.29 is 5.11 Å². The third-order valence-electron chi connectivity index (χ3n) is 2.15. The molecular weight excluding hydrogens is 244 g/mol. The van der Waals surface area contributed by atoms with Gasteiger partial charge < -0.3 is 5.11 Å². The van der Waals surface area contributed by atoms with Gasteiger partial charge in [-0.15, -0.1) is 0 Å². The maximum atomic E-state index is 9.64. The Bertz CT molecular complexity index is 464. The second-order valence-corrected chi connectivity index (χ2v) is 3.93. The fraction of sp³-hybridized carbons (Fsp3) is 0.300. The van der Waals surface area contributed by atoms with Crippen LogP contribution in [0.25, 0.3) is 5.52 Å². The molecule has 2 rings (SSSR count). The van der Waals surface area contributed by atoms with E-state index in [0.29, 0.717) is 4.60 Å². The highest BCUT2D eigenvalue weighted by atomic mass is 79.9. The molecule has 0 atom stereocenters. The van der Waals surface area contributed by atoms with Crippen molar-refractivity contribution in [3.05, 3.63) is 28.8 Å². The van der Waals surface area contributed by atoms with Gasteiger partial charge in [-0.2, -0.15) is 0 Å². The Balaban J connectivity index is 2.71. The zero-order valence-electron chi connectivity index (χ0n) is 7.87. The summed E-state index contributed by atoms with van der Waals surface area (Å²) in [7, 11) is 0. The number of hydrogen-bond acceptors (Lipinski definition) is 2. The summed E-state index contributed by atoms with van der Waals surface area (Å²) in [6.45, 7) is 2.11. The standard InChI is InChI=1S/C10H11BrN2O/c1-2-4-8-12-10(11)9-7(14)5-3-6-13(8)9/h3,5-6,14H,2,4H2,1H3. The fourth-order valence-electron chi connectivity index (χ4n) is 1.54. The molecular formula is C10H11BrN2O. The minimum atomic E-state index is 0.259. The van der Waals surface area contributed by atoms with Crippen LogP contribution in [0.4, 0.5) is 0 Å². The number of halogens is 1. The van der Waals surface area contributed by atoms with Gasteiger partial charge in [-0.25, -0.2) is 4.98 Å². The molecule has 0 bridgehead atoms. The molecule has 0 aliphatic carbocycles. The van der Waals surface area contributed by atoms with Gasteiger partial charge in [0.15, 0.2) is 0 Å². The summed E-state index contributed by atoms with van der Waals surface area (Å²) in [4.78, 5) is 4.36. The quantitative estimate of drug-likeness (QED) is 0.895. The molecule has 0 radical (unpaired) electrons. The molecule has 0 unspecified atom stereocenters. The number of nitrogens with zero attached hydrogens (tertiary/aromatic N) is 2. The van der Waals surface area contributed by atoms with Gasteiger partial charge in [-0.3, -0.25) is 4.40 Å². The Hall–Kier alpha value is -1.03. The molecule has 0 aromatic carbocycles. The lowest BCUT2D eigenvalue weighted by Crippen LogP contribution is -1.92. The van der Waals surface area contributed by atoms with Crippen molar-refractivity contribution in [3.63, 3.8) is 0 Å². The number of hydrogen-bond donors (Lipinski definition) is 1. The predicted molar refractivity (Wildman–Crippen MR) is 58.6 cm³/mol. The van der Waals surface area contributed by atoms with Crippen LogP contribution in [0.5, 0.6) is 5.75 Å². The molecule has 74 valence electrons. The van der Waals surface area contributed by atoms with Crippen LogP contribution < -0.4 is 0 Å². The van der Waals surface area contributed by atoms with Gasteiger partial charge >= 0.3 is 0 Å². The SMILES string of the molecule is CCCc1nc(Br)c2c(O)cccn12. The number of fused-ring (bicyclic) bond motifs is 1. The third kappa shape index (κ3) is 1.39. The molecule has 0 aliphatic heterocycles. The number of aromatic nitrogens is 2. The highest BCUT2D eigenvalue weighted by Crippen LogP contribution is 2.27. The molecule has 4 heteroatoms. The molecule has 0 saturated heterocycles. The van der Waals surface area contributed by atoms with E-state index in [1.54, 1.807) is 6.07 Å². The molecule has 0 aliphatic rings. The van der Waals surface area contributed by atoms with Crippen LogP contribution >= 0.6 is 15.9 Å². The van der Waals surface area contributed by atoms with E-state index in [4.69, 9.17) is 0 Å². The van der Waals surface area contributed by atoms with Crippen molar-refractivity contribution in [3.8, 4) is 5.75 Å². The number of aryl methyl sites for hydroxylation is 1. The van der Waals surface area contributed by atoms with Crippen LogP contribution in [0.3, 0.4) is 0 Å². The topological polar surface area (TPSA) is 37.5 Å². The van der Waals surface area contributed by atoms with E-state index in [0.717, 1.165) is 24.2 Å². The van der Waals surface area contributed by atoms with Crippen molar-refractivity contribution in [1.82, 2.24) is 9.38 Å². The molecule has 2 aromatic rings. The Morgan fingerprint density at radius 1 is 1.57 bits per heavy atom. The van der Waals surface area contributed by atoms with E-state index in [9.17, 15) is 5.11 Å². The molecule has 14 heavy (non-hydrogen) atoms. The second-order valence-electron chi connectivity index (χ2n) is 3.18. The Kier molecular flexibility index (Phi) is 2.46. The summed E-state index contributed by atoms with van der Waals surface area (Å²) in [5.41, 5.74) is 0.746. The van der Waals surface area contributed by atoms with Crippen LogP contribution in [-0.4, -0.2) is 14.5 Å². The lowest BCUT2D eigenvalue weighted by Gasteiger charge is -1.99. The first-order valence-electron chi connectivity index (χ1n) is 4.58. The third-order valence-corrected chi connectivity index (χ3v) is 2.70. The van der Waals surface area contributed by atoms with Crippen LogP contribution in [-0.2, 0) is 6.42 Å². The van der Waals surface area contributed by atoms with E-state index in [2.05, 4.69) is 27.8 Å². The summed E-state index contributed by atoms with van der Waals surface area (Å²) in [6, 6.07) is 3.48. The van der Waals surface area contributed by atoms with Crippen LogP contribution in [0.2, 0.25) is 0 Å². The van der Waals surface area contributed by atoms with Crippen molar-refractivity contribution in [2.24, 2.45) is 0 Å². The first-order valence-corrected chi connectivity index (χ1v) is 5.37. The molecule has 3 nitrogen and oxygen atoms in total. The number of rotatable bonds is 2. The Labute approximate surface area is 90.5 Å². The lowest BCUT2D eigenvalue weighted by molar-refractivity contribution is 0.478. The highest BCUT2D eigenvalue weighted by molar-refractivity contribution is 9.10. The van der Waals surface area contributed by atoms with Gasteiger partial charge in [0, 0.05) is 12.6 Å². The maximum Gasteiger partial charge on any atom is 0.142 e. The maximum absolute atomic E-state index is 9.64. The number of imidazole rings is 1. The molecule has 2 heterocycles. The van der Waals surface area contributed by atoms with E-state index in [1.165, 1.54) is 0 Å². The van der Waals surface area contributed by atoms with Crippen molar-refractivity contribution in [2.75, 3.05) is 0 Å². The number of pyridine rings is 1. The molecule has 1 N–H and O–H groups in total. The summed E-state index contributed by atoms with van der Waals surface area (Å²) in [6.07, 6.45) is 3.87. The van der Waals surface area contributed by atoms with Crippen molar-refractivity contribution in [1.29, 1.82) is 0 Å². The first kappa shape index (κ1) is 9.52. The zero-order valence-corrected chi connectivity index (χ0v) is 9.45. The van der Waals surface area contributed by atoms with E-state index >= 15 is 0 Å². The molecule has 0 amide bonds. The zero-order chi connectivity index (χ0) is 10.1. The number of aromatic hydroxyl groups is 1. The van der Waals surface area contributed by atoms with E-state index in [-0.39, 0.29) is 5.75 Å². The van der Waals surface area contributed by atoms with Crippen molar-refractivity contribution >= 4 is 21.4 Å². The Morgan fingerprint density at radius 3 is 3.07 bits per heavy atom. The second kappa shape index (κ2) is 3.61. The lowest BCUT2D eigenvalue weighted by atomic mass is 10.3. The molecule has 0 fully saturated rings. The summed E-state index contributed by atoms with van der Waals surface area (Å²) in [5.74, 6) is 1.24. The van der Waals surface area contributed by atoms with Gasteiger partial charge in [0.1, 0.15) is 21.7 Å². The van der Waals surface area contributed by atoms with Gasteiger partial charge in [0.05, 0.1) is 0 Å². The van der Waals surface area contributed by atoms with Gasteiger partial charge in [0.25, 0.3) is 0 Å². The minimum absolute atomic E-state index is 0.259.